The molecule has 1 aromatic heterocycles. The van der Waals surface area contributed by atoms with Crippen LogP contribution >= 0.6 is 34.5 Å². The lowest BCUT2D eigenvalue weighted by Gasteiger charge is -2.33. The number of hydrogen-bond donors (Lipinski definition) is 1. The fourth-order valence-electron chi connectivity index (χ4n) is 2.42. The zero-order valence-corrected chi connectivity index (χ0v) is 14.5. The largest absolute Gasteiger partial charge is 0.352 e. The molecule has 0 atom stereocenters. The van der Waals surface area contributed by atoms with Gasteiger partial charge in [0.15, 0.2) is 0 Å². The molecule has 21 heavy (non-hydrogen) atoms. The second kappa shape index (κ2) is 8.34. The van der Waals surface area contributed by atoms with Crippen molar-refractivity contribution < 1.29 is 4.79 Å². The maximum Gasteiger partial charge on any atom is 0.253 e. The van der Waals surface area contributed by atoms with E-state index < -0.39 is 0 Å². The molecule has 118 valence electrons. The second-order valence-electron chi connectivity index (χ2n) is 5.12. The minimum Gasteiger partial charge on any atom is -0.352 e. The van der Waals surface area contributed by atoms with Crippen molar-refractivity contribution in [1.82, 2.24) is 15.1 Å². The Balaban J connectivity index is 1.64. The van der Waals surface area contributed by atoms with Crippen LogP contribution in [-0.2, 0) is 0 Å². The Morgan fingerprint density at radius 3 is 2.52 bits per heavy atom. The predicted octanol–water partition coefficient (Wildman–Crippen LogP) is 2.81. The van der Waals surface area contributed by atoms with E-state index in [1.807, 2.05) is 0 Å². The number of carbonyl (C=O) groups excluding carboxylic acids is 1. The zero-order chi connectivity index (χ0) is 15.2. The van der Waals surface area contributed by atoms with E-state index in [-0.39, 0.29) is 5.91 Å². The molecular formula is C14H21Cl2N3OS. The minimum absolute atomic E-state index is 0.140. The average Bonchev–Trinajstić information content (AvgIpc) is 2.83. The highest BCUT2D eigenvalue weighted by molar-refractivity contribution is 7.20. The lowest BCUT2D eigenvalue weighted by molar-refractivity contribution is 0.0949. The van der Waals surface area contributed by atoms with Crippen molar-refractivity contribution in [3.05, 3.63) is 20.3 Å². The average molecular weight is 350 g/mol. The van der Waals surface area contributed by atoms with Crippen molar-refractivity contribution in [2.24, 2.45) is 0 Å². The van der Waals surface area contributed by atoms with E-state index in [1.165, 1.54) is 11.3 Å². The van der Waals surface area contributed by atoms with Crippen LogP contribution in [0.3, 0.4) is 0 Å². The Kier molecular flexibility index (Phi) is 6.76. The number of carbonyl (C=O) groups is 1. The molecule has 0 aliphatic carbocycles. The molecule has 1 amide bonds. The first-order valence-electron chi connectivity index (χ1n) is 7.28. The smallest absolute Gasteiger partial charge is 0.253 e. The van der Waals surface area contributed by atoms with E-state index in [2.05, 4.69) is 22.0 Å². The first kappa shape index (κ1) is 17.0. The van der Waals surface area contributed by atoms with Crippen LogP contribution in [0.4, 0.5) is 0 Å². The number of hydrogen-bond acceptors (Lipinski definition) is 4. The van der Waals surface area contributed by atoms with Gasteiger partial charge in [-0.2, -0.15) is 0 Å². The summed E-state index contributed by atoms with van der Waals surface area (Å²) in [6.45, 7) is 9.55. The van der Waals surface area contributed by atoms with Gasteiger partial charge in [-0.3, -0.25) is 4.79 Å². The maximum atomic E-state index is 11.9. The monoisotopic (exact) mass is 349 g/mol. The topological polar surface area (TPSA) is 35.6 Å². The number of likely N-dealkylation sites (N-methyl/N-ethyl adjacent to an activating group) is 1. The molecule has 1 N–H and O–H groups in total. The van der Waals surface area contributed by atoms with E-state index in [9.17, 15) is 4.79 Å². The van der Waals surface area contributed by atoms with Gasteiger partial charge in [0.05, 0.1) is 9.90 Å². The predicted molar refractivity (Wildman–Crippen MR) is 89.8 cm³/mol. The minimum atomic E-state index is -0.140. The molecular weight excluding hydrogens is 329 g/mol. The Morgan fingerprint density at radius 2 is 1.95 bits per heavy atom. The van der Waals surface area contributed by atoms with Gasteiger partial charge >= 0.3 is 0 Å². The van der Waals surface area contributed by atoms with Gasteiger partial charge in [-0.25, -0.2) is 0 Å². The highest BCUT2D eigenvalue weighted by atomic mass is 35.5. The van der Waals surface area contributed by atoms with Gasteiger partial charge in [-0.05, 0) is 25.6 Å². The SMILES string of the molecule is CCN1CCN(CCCNC(=O)c2cc(Cl)sc2Cl)CC1. The summed E-state index contributed by atoms with van der Waals surface area (Å²) < 4.78 is 0.993. The van der Waals surface area contributed by atoms with Crippen molar-refractivity contribution in [3.63, 3.8) is 0 Å². The summed E-state index contributed by atoms with van der Waals surface area (Å²) >= 11 is 13.0. The number of rotatable bonds is 6. The van der Waals surface area contributed by atoms with Gasteiger partial charge in [-0.1, -0.05) is 30.1 Å². The lowest BCUT2D eigenvalue weighted by atomic mass is 10.2. The Bertz CT molecular complexity index is 473. The van der Waals surface area contributed by atoms with Gasteiger partial charge < -0.3 is 15.1 Å². The molecule has 7 heteroatoms. The van der Waals surface area contributed by atoms with Crippen LogP contribution in [0, 0.1) is 0 Å². The van der Waals surface area contributed by atoms with Gasteiger partial charge in [0, 0.05) is 32.7 Å². The second-order valence-corrected chi connectivity index (χ2v) is 7.41. The van der Waals surface area contributed by atoms with Crippen molar-refractivity contribution >= 4 is 40.4 Å². The molecule has 1 fully saturated rings. The van der Waals surface area contributed by atoms with Crippen LogP contribution < -0.4 is 5.32 Å². The quantitative estimate of drug-likeness (QED) is 0.802. The molecule has 2 rings (SSSR count). The molecule has 0 bridgehead atoms. The third kappa shape index (κ3) is 5.11. The highest BCUT2D eigenvalue weighted by Crippen LogP contribution is 2.30. The van der Waals surface area contributed by atoms with Crippen LogP contribution in [0.5, 0.6) is 0 Å². The first-order valence-corrected chi connectivity index (χ1v) is 8.85. The number of halogens is 2. The molecule has 1 aromatic rings. The molecule has 1 aliphatic rings. The molecule has 1 saturated heterocycles. The summed E-state index contributed by atoms with van der Waals surface area (Å²) in [5.41, 5.74) is 0.475. The van der Waals surface area contributed by atoms with Crippen molar-refractivity contribution in [2.75, 3.05) is 45.8 Å². The van der Waals surface area contributed by atoms with Crippen molar-refractivity contribution in [1.29, 1.82) is 0 Å². The van der Waals surface area contributed by atoms with Crippen molar-refractivity contribution in [2.45, 2.75) is 13.3 Å². The van der Waals surface area contributed by atoms with Gasteiger partial charge in [0.1, 0.15) is 4.34 Å². The van der Waals surface area contributed by atoms with Crippen LogP contribution in [0.15, 0.2) is 6.07 Å². The molecule has 0 radical (unpaired) electrons. The fourth-order valence-corrected chi connectivity index (χ4v) is 3.88. The molecule has 4 nitrogen and oxygen atoms in total. The van der Waals surface area contributed by atoms with E-state index >= 15 is 0 Å². The van der Waals surface area contributed by atoms with Crippen LogP contribution in [0.25, 0.3) is 0 Å². The number of nitrogens with one attached hydrogen (secondary N) is 1. The third-order valence-electron chi connectivity index (χ3n) is 3.75. The van der Waals surface area contributed by atoms with E-state index in [0.717, 1.165) is 45.7 Å². The summed E-state index contributed by atoms with van der Waals surface area (Å²) in [7, 11) is 0. The summed E-state index contributed by atoms with van der Waals surface area (Å²) in [4.78, 5) is 16.9. The summed E-state index contributed by atoms with van der Waals surface area (Å²) in [5, 5.41) is 2.90. The Hall–Kier alpha value is -0.330. The fraction of sp³-hybridized carbons (Fsp3) is 0.643. The standard InChI is InChI=1S/C14H21Cl2N3OS/c1-2-18-6-8-19(9-7-18)5-3-4-17-14(20)11-10-12(15)21-13(11)16/h10H,2-9H2,1H3,(H,17,20). The third-order valence-corrected chi connectivity index (χ3v) is 5.24. The molecule has 1 aliphatic heterocycles. The van der Waals surface area contributed by atoms with Crippen LogP contribution in [-0.4, -0.2) is 61.5 Å². The zero-order valence-electron chi connectivity index (χ0n) is 12.2. The van der Waals surface area contributed by atoms with E-state index in [0.29, 0.717) is 20.8 Å². The van der Waals surface area contributed by atoms with Gasteiger partial charge in [0.2, 0.25) is 0 Å². The summed E-state index contributed by atoms with van der Waals surface area (Å²) in [6, 6.07) is 1.62. The van der Waals surface area contributed by atoms with Crippen LogP contribution in [0.2, 0.25) is 8.67 Å². The summed E-state index contributed by atoms with van der Waals surface area (Å²) in [5.74, 6) is -0.140. The highest BCUT2D eigenvalue weighted by Gasteiger charge is 2.16. The molecule has 0 unspecified atom stereocenters. The molecule has 2 heterocycles. The van der Waals surface area contributed by atoms with Gasteiger partial charge in [0.25, 0.3) is 5.91 Å². The van der Waals surface area contributed by atoms with Crippen molar-refractivity contribution in [3.8, 4) is 0 Å². The molecule has 0 aromatic carbocycles. The Labute approximate surface area is 140 Å². The number of piperazine rings is 1. The van der Waals surface area contributed by atoms with E-state index in [4.69, 9.17) is 23.2 Å². The summed E-state index contributed by atoms with van der Waals surface area (Å²) in [6.07, 6.45) is 0.952. The normalized spacial score (nSPS) is 17.1. The maximum absolute atomic E-state index is 11.9. The first-order chi connectivity index (χ1) is 10.1. The molecule has 0 saturated carbocycles. The Morgan fingerprint density at radius 1 is 1.29 bits per heavy atom. The number of nitrogens with zero attached hydrogens (tertiary/aromatic N) is 2. The number of thiophene rings is 1. The van der Waals surface area contributed by atoms with E-state index in [1.54, 1.807) is 6.07 Å². The lowest BCUT2D eigenvalue weighted by Crippen LogP contribution is -2.46. The van der Waals surface area contributed by atoms with Crippen LogP contribution in [0.1, 0.15) is 23.7 Å². The number of amides is 1. The molecule has 0 spiro atoms. The van der Waals surface area contributed by atoms with Gasteiger partial charge in [-0.15, -0.1) is 11.3 Å².